The summed E-state index contributed by atoms with van der Waals surface area (Å²) in [5.41, 5.74) is 0.829. The maximum Gasteiger partial charge on any atom is 0.119 e. The van der Waals surface area contributed by atoms with E-state index in [9.17, 15) is 0 Å². The Balaban J connectivity index is 1.95. The number of hydrogen-bond donors (Lipinski definition) is 0. The SMILES string of the molecule is CCCCCCCCO/N=N/c1ccccc1. The van der Waals surface area contributed by atoms with Gasteiger partial charge in [-0.05, 0) is 25.0 Å². The second-order valence-electron chi connectivity index (χ2n) is 4.12. The molecule has 0 N–H and O–H groups in total. The van der Waals surface area contributed by atoms with Crippen molar-refractivity contribution >= 4 is 5.69 Å². The topological polar surface area (TPSA) is 34.0 Å². The molecule has 17 heavy (non-hydrogen) atoms. The summed E-state index contributed by atoms with van der Waals surface area (Å²) in [7, 11) is 0. The van der Waals surface area contributed by atoms with Gasteiger partial charge in [0.25, 0.3) is 0 Å². The summed E-state index contributed by atoms with van der Waals surface area (Å²) >= 11 is 0. The summed E-state index contributed by atoms with van der Waals surface area (Å²) in [5.74, 6) is 0. The molecule has 0 heterocycles. The Bertz CT molecular complexity index is 298. The first-order valence-electron chi connectivity index (χ1n) is 6.51. The average Bonchev–Trinajstić information content (AvgIpc) is 2.38. The van der Waals surface area contributed by atoms with Crippen molar-refractivity contribution in [3.8, 4) is 0 Å². The highest BCUT2D eigenvalue weighted by Crippen LogP contribution is 2.10. The molecule has 3 nitrogen and oxygen atoms in total. The van der Waals surface area contributed by atoms with Crippen LogP contribution in [-0.4, -0.2) is 6.61 Å². The van der Waals surface area contributed by atoms with E-state index in [4.69, 9.17) is 4.84 Å². The van der Waals surface area contributed by atoms with Crippen LogP contribution in [0, 0.1) is 0 Å². The van der Waals surface area contributed by atoms with E-state index in [0.29, 0.717) is 6.61 Å². The Labute approximate surface area is 104 Å². The Morgan fingerprint density at radius 3 is 2.41 bits per heavy atom. The van der Waals surface area contributed by atoms with Crippen LogP contribution in [0.25, 0.3) is 0 Å². The van der Waals surface area contributed by atoms with E-state index >= 15 is 0 Å². The van der Waals surface area contributed by atoms with Gasteiger partial charge < -0.3 is 4.84 Å². The monoisotopic (exact) mass is 234 g/mol. The lowest BCUT2D eigenvalue weighted by Crippen LogP contribution is -1.87. The molecule has 1 rings (SSSR count). The smallest absolute Gasteiger partial charge is 0.119 e. The van der Waals surface area contributed by atoms with Crippen molar-refractivity contribution in [1.82, 2.24) is 0 Å². The summed E-state index contributed by atoms with van der Waals surface area (Å²) < 4.78 is 0. The minimum absolute atomic E-state index is 0.669. The minimum Gasteiger partial charge on any atom is -0.379 e. The summed E-state index contributed by atoms with van der Waals surface area (Å²) in [5, 5.41) is 7.66. The molecule has 0 unspecified atom stereocenters. The molecule has 0 saturated heterocycles. The lowest BCUT2D eigenvalue weighted by atomic mass is 10.1. The van der Waals surface area contributed by atoms with Crippen molar-refractivity contribution in [3.05, 3.63) is 30.3 Å². The first kappa shape index (κ1) is 13.7. The predicted molar refractivity (Wildman–Crippen MR) is 70.3 cm³/mol. The first-order valence-corrected chi connectivity index (χ1v) is 6.51. The first-order chi connectivity index (χ1) is 8.43. The molecule has 0 amide bonds. The van der Waals surface area contributed by atoms with E-state index in [1.54, 1.807) is 0 Å². The number of nitrogens with zero attached hydrogens (tertiary/aromatic N) is 2. The molecule has 1 aromatic carbocycles. The van der Waals surface area contributed by atoms with Crippen LogP contribution in [0.5, 0.6) is 0 Å². The van der Waals surface area contributed by atoms with Gasteiger partial charge in [0.2, 0.25) is 0 Å². The maximum atomic E-state index is 5.10. The van der Waals surface area contributed by atoms with E-state index < -0.39 is 0 Å². The van der Waals surface area contributed by atoms with Crippen molar-refractivity contribution in [2.24, 2.45) is 10.4 Å². The van der Waals surface area contributed by atoms with E-state index in [-0.39, 0.29) is 0 Å². The van der Waals surface area contributed by atoms with E-state index in [1.165, 1.54) is 32.1 Å². The van der Waals surface area contributed by atoms with Crippen molar-refractivity contribution in [3.63, 3.8) is 0 Å². The van der Waals surface area contributed by atoms with Crippen LogP contribution < -0.4 is 0 Å². The Morgan fingerprint density at radius 2 is 1.65 bits per heavy atom. The molecule has 0 aliphatic carbocycles. The number of rotatable bonds is 9. The fourth-order valence-corrected chi connectivity index (χ4v) is 1.56. The molecule has 0 aliphatic rings. The standard InChI is InChI=1S/C14H22N2O/c1-2-3-4-5-6-10-13-17-16-15-14-11-8-7-9-12-14/h7-9,11-12H,2-6,10,13H2,1H3/b16-15+. The van der Waals surface area contributed by atoms with Gasteiger partial charge in [-0.15, -0.1) is 5.11 Å². The molecule has 0 atom stereocenters. The van der Waals surface area contributed by atoms with E-state index in [2.05, 4.69) is 17.3 Å². The molecule has 0 aromatic heterocycles. The minimum atomic E-state index is 0.669. The number of unbranched alkanes of at least 4 members (excludes halogenated alkanes) is 5. The van der Waals surface area contributed by atoms with Crippen LogP contribution in [0.2, 0.25) is 0 Å². The Kier molecular flexibility index (Phi) is 7.90. The van der Waals surface area contributed by atoms with Gasteiger partial charge in [-0.2, -0.15) is 0 Å². The summed E-state index contributed by atoms with van der Waals surface area (Å²) in [4.78, 5) is 5.10. The van der Waals surface area contributed by atoms with Crippen LogP contribution in [0.1, 0.15) is 45.4 Å². The van der Waals surface area contributed by atoms with Crippen LogP contribution in [-0.2, 0) is 4.84 Å². The van der Waals surface area contributed by atoms with Gasteiger partial charge in [0.15, 0.2) is 0 Å². The Hall–Kier alpha value is -1.38. The molecule has 0 radical (unpaired) electrons. The van der Waals surface area contributed by atoms with Gasteiger partial charge in [-0.1, -0.05) is 50.8 Å². The molecule has 0 spiro atoms. The fraction of sp³-hybridized carbons (Fsp3) is 0.571. The van der Waals surface area contributed by atoms with Crippen molar-refractivity contribution < 1.29 is 4.84 Å². The zero-order chi connectivity index (χ0) is 12.2. The highest BCUT2D eigenvalue weighted by Gasteiger charge is 1.90. The zero-order valence-corrected chi connectivity index (χ0v) is 10.6. The molecular formula is C14H22N2O. The quantitative estimate of drug-likeness (QED) is 0.334. The molecule has 94 valence electrons. The van der Waals surface area contributed by atoms with Gasteiger partial charge >= 0.3 is 0 Å². The highest BCUT2D eigenvalue weighted by atomic mass is 16.6. The van der Waals surface area contributed by atoms with Gasteiger partial charge in [0, 0.05) is 5.28 Å². The normalized spacial score (nSPS) is 10.9. The third-order valence-corrected chi connectivity index (χ3v) is 2.56. The number of hydrogen-bond acceptors (Lipinski definition) is 3. The van der Waals surface area contributed by atoms with Crippen LogP contribution >= 0.6 is 0 Å². The summed E-state index contributed by atoms with van der Waals surface area (Å²) in [6, 6.07) is 9.62. The van der Waals surface area contributed by atoms with Gasteiger partial charge in [0.05, 0.1) is 5.69 Å². The maximum absolute atomic E-state index is 5.10. The second kappa shape index (κ2) is 9.82. The van der Waals surface area contributed by atoms with Gasteiger partial charge in [-0.3, -0.25) is 0 Å². The van der Waals surface area contributed by atoms with Crippen LogP contribution in [0.4, 0.5) is 5.69 Å². The molecule has 0 bridgehead atoms. The highest BCUT2D eigenvalue weighted by molar-refractivity contribution is 5.34. The lowest BCUT2D eigenvalue weighted by Gasteiger charge is -1.99. The fourth-order valence-electron chi connectivity index (χ4n) is 1.56. The summed E-state index contributed by atoms with van der Waals surface area (Å²) in [6.07, 6.45) is 7.56. The van der Waals surface area contributed by atoms with Crippen molar-refractivity contribution in [1.29, 1.82) is 0 Å². The third-order valence-electron chi connectivity index (χ3n) is 2.56. The average molecular weight is 234 g/mol. The van der Waals surface area contributed by atoms with E-state index in [0.717, 1.165) is 12.1 Å². The molecule has 1 aromatic rings. The molecular weight excluding hydrogens is 212 g/mol. The van der Waals surface area contributed by atoms with Crippen molar-refractivity contribution in [2.45, 2.75) is 45.4 Å². The van der Waals surface area contributed by atoms with Crippen LogP contribution in [0.15, 0.2) is 40.7 Å². The molecule has 0 fully saturated rings. The molecule has 0 aliphatic heterocycles. The largest absolute Gasteiger partial charge is 0.379 e. The zero-order valence-electron chi connectivity index (χ0n) is 10.6. The molecule has 0 saturated carbocycles. The van der Waals surface area contributed by atoms with Crippen LogP contribution in [0.3, 0.4) is 0 Å². The number of benzene rings is 1. The van der Waals surface area contributed by atoms with E-state index in [1.807, 2.05) is 30.3 Å². The summed E-state index contributed by atoms with van der Waals surface area (Å²) in [6.45, 7) is 2.90. The van der Waals surface area contributed by atoms with Gasteiger partial charge in [0.1, 0.15) is 6.61 Å². The van der Waals surface area contributed by atoms with Gasteiger partial charge in [-0.25, -0.2) is 0 Å². The third kappa shape index (κ3) is 7.50. The molecule has 3 heteroatoms. The lowest BCUT2D eigenvalue weighted by molar-refractivity contribution is 0.121. The second-order valence-corrected chi connectivity index (χ2v) is 4.12. The van der Waals surface area contributed by atoms with Crippen molar-refractivity contribution in [2.75, 3.05) is 6.61 Å². The Morgan fingerprint density at radius 1 is 0.941 bits per heavy atom. The predicted octanol–water partition coefficient (Wildman–Crippen LogP) is 5.06.